The number of aliphatic hydroxyl groups is 1. The smallest absolute Gasteiger partial charge is 0.123 e. The van der Waals surface area contributed by atoms with Crippen LogP contribution in [0.5, 0.6) is 0 Å². The van der Waals surface area contributed by atoms with Gasteiger partial charge in [-0.05, 0) is 12.5 Å². The Kier molecular flexibility index (Phi) is 4.43. The molecule has 1 atom stereocenters. The van der Waals surface area contributed by atoms with Gasteiger partial charge in [0.15, 0.2) is 0 Å². The first kappa shape index (κ1) is 13.6. The van der Waals surface area contributed by atoms with Gasteiger partial charge < -0.3 is 5.11 Å². The minimum Gasteiger partial charge on any atom is -0.382 e. The van der Waals surface area contributed by atoms with Crippen molar-refractivity contribution in [2.24, 2.45) is 0 Å². The summed E-state index contributed by atoms with van der Waals surface area (Å²) < 4.78 is 2.62. The van der Waals surface area contributed by atoms with Gasteiger partial charge in [0.1, 0.15) is 6.10 Å². The number of aromatic nitrogens is 2. The molecule has 0 saturated carbocycles. The van der Waals surface area contributed by atoms with Crippen molar-refractivity contribution in [3.63, 3.8) is 0 Å². The number of benzene rings is 1. The summed E-state index contributed by atoms with van der Waals surface area (Å²) in [5, 5.41) is 15.2. The normalized spacial score (nSPS) is 12.7. The standard InChI is InChI=1S/C13H14BrClN2O/c1-2-7-17-12(11(15)8-16-17)13(18)9-5-3-4-6-10(9)14/h3-6,8,13,18H,2,7H2,1H3. The Morgan fingerprint density at radius 3 is 2.83 bits per heavy atom. The summed E-state index contributed by atoms with van der Waals surface area (Å²) >= 11 is 9.56. The Bertz CT molecular complexity index is 542. The van der Waals surface area contributed by atoms with E-state index < -0.39 is 6.10 Å². The molecule has 2 rings (SSSR count). The molecular formula is C13H14BrClN2O. The molecule has 0 saturated heterocycles. The SMILES string of the molecule is CCCn1ncc(Cl)c1C(O)c1ccccc1Br. The third kappa shape index (κ3) is 2.60. The zero-order valence-electron chi connectivity index (χ0n) is 9.98. The molecule has 0 radical (unpaired) electrons. The Balaban J connectivity index is 2.42. The molecule has 0 aliphatic carbocycles. The predicted molar refractivity (Wildman–Crippen MR) is 75.7 cm³/mol. The summed E-state index contributed by atoms with van der Waals surface area (Å²) in [7, 11) is 0. The van der Waals surface area contributed by atoms with Crippen molar-refractivity contribution in [3.8, 4) is 0 Å². The quantitative estimate of drug-likeness (QED) is 0.926. The van der Waals surface area contributed by atoms with Crippen LogP contribution in [0, 0.1) is 0 Å². The van der Waals surface area contributed by atoms with E-state index in [1.54, 1.807) is 10.9 Å². The second-order valence-electron chi connectivity index (χ2n) is 4.02. The maximum atomic E-state index is 10.5. The first-order chi connectivity index (χ1) is 8.65. The van der Waals surface area contributed by atoms with E-state index in [-0.39, 0.29) is 0 Å². The number of aliphatic hydroxyl groups excluding tert-OH is 1. The molecule has 2 aromatic rings. The van der Waals surface area contributed by atoms with Gasteiger partial charge in [0.05, 0.1) is 16.9 Å². The average Bonchev–Trinajstić information content (AvgIpc) is 2.71. The zero-order chi connectivity index (χ0) is 13.1. The summed E-state index contributed by atoms with van der Waals surface area (Å²) in [6.45, 7) is 2.80. The van der Waals surface area contributed by atoms with Crippen LogP contribution in [-0.4, -0.2) is 14.9 Å². The Morgan fingerprint density at radius 1 is 1.44 bits per heavy atom. The van der Waals surface area contributed by atoms with Crippen LogP contribution in [0.25, 0.3) is 0 Å². The van der Waals surface area contributed by atoms with E-state index in [4.69, 9.17) is 11.6 Å². The molecule has 0 fully saturated rings. The Morgan fingerprint density at radius 2 is 2.17 bits per heavy atom. The van der Waals surface area contributed by atoms with Crippen molar-refractivity contribution in [1.29, 1.82) is 0 Å². The highest BCUT2D eigenvalue weighted by Crippen LogP contribution is 2.32. The topological polar surface area (TPSA) is 38.0 Å². The van der Waals surface area contributed by atoms with Gasteiger partial charge in [0, 0.05) is 16.6 Å². The zero-order valence-corrected chi connectivity index (χ0v) is 12.3. The van der Waals surface area contributed by atoms with Gasteiger partial charge in [-0.3, -0.25) is 4.68 Å². The van der Waals surface area contributed by atoms with E-state index in [1.165, 1.54) is 0 Å². The maximum Gasteiger partial charge on any atom is 0.123 e. The second-order valence-corrected chi connectivity index (χ2v) is 5.29. The van der Waals surface area contributed by atoms with Crippen molar-refractivity contribution >= 4 is 27.5 Å². The van der Waals surface area contributed by atoms with Gasteiger partial charge in [-0.1, -0.05) is 52.7 Å². The number of hydrogen-bond donors (Lipinski definition) is 1. The van der Waals surface area contributed by atoms with Crippen molar-refractivity contribution < 1.29 is 5.11 Å². The first-order valence-corrected chi connectivity index (χ1v) is 6.96. The molecule has 1 unspecified atom stereocenters. The Labute approximate surface area is 120 Å². The molecular weight excluding hydrogens is 316 g/mol. The lowest BCUT2D eigenvalue weighted by atomic mass is 10.1. The van der Waals surface area contributed by atoms with Crippen molar-refractivity contribution in [3.05, 3.63) is 51.2 Å². The summed E-state index contributed by atoms with van der Waals surface area (Å²) in [6.07, 6.45) is 1.74. The summed E-state index contributed by atoms with van der Waals surface area (Å²) in [5.41, 5.74) is 1.43. The summed E-state index contributed by atoms with van der Waals surface area (Å²) in [5.74, 6) is 0. The van der Waals surface area contributed by atoms with Crippen LogP contribution < -0.4 is 0 Å². The van der Waals surface area contributed by atoms with Crippen molar-refractivity contribution in [1.82, 2.24) is 9.78 Å². The molecule has 0 bridgehead atoms. The van der Waals surface area contributed by atoms with Gasteiger partial charge >= 0.3 is 0 Å². The second kappa shape index (κ2) is 5.87. The Hall–Kier alpha value is -0.840. The maximum absolute atomic E-state index is 10.5. The van der Waals surface area contributed by atoms with Crippen LogP contribution in [0.3, 0.4) is 0 Å². The van der Waals surface area contributed by atoms with E-state index in [1.807, 2.05) is 24.3 Å². The fraction of sp³-hybridized carbons (Fsp3) is 0.308. The molecule has 1 aromatic heterocycles. The molecule has 1 aromatic carbocycles. The van der Waals surface area contributed by atoms with E-state index >= 15 is 0 Å². The van der Waals surface area contributed by atoms with Crippen molar-refractivity contribution in [2.75, 3.05) is 0 Å². The van der Waals surface area contributed by atoms with Gasteiger partial charge in [-0.2, -0.15) is 5.10 Å². The number of nitrogens with zero attached hydrogens (tertiary/aromatic N) is 2. The van der Waals surface area contributed by atoms with E-state index in [9.17, 15) is 5.11 Å². The number of halogens is 2. The monoisotopic (exact) mass is 328 g/mol. The summed E-state index contributed by atoms with van der Waals surface area (Å²) in [4.78, 5) is 0. The van der Waals surface area contributed by atoms with Crippen LogP contribution in [0.15, 0.2) is 34.9 Å². The molecule has 96 valence electrons. The molecule has 0 spiro atoms. The third-order valence-electron chi connectivity index (χ3n) is 2.73. The summed E-state index contributed by atoms with van der Waals surface area (Å²) in [6, 6.07) is 7.56. The molecule has 18 heavy (non-hydrogen) atoms. The molecule has 3 nitrogen and oxygen atoms in total. The minimum atomic E-state index is -0.776. The van der Waals surface area contributed by atoms with Crippen LogP contribution in [-0.2, 0) is 6.54 Å². The van der Waals surface area contributed by atoms with E-state index in [0.717, 1.165) is 23.0 Å². The van der Waals surface area contributed by atoms with Gasteiger partial charge in [-0.15, -0.1) is 0 Å². The molecule has 0 aliphatic rings. The highest BCUT2D eigenvalue weighted by atomic mass is 79.9. The lowest BCUT2D eigenvalue weighted by molar-refractivity contribution is 0.206. The van der Waals surface area contributed by atoms with Gasteiger partial charge in [0.25, 0.3) is 0 Å². The third-order valence-corrected chi connectivity index (χ3v) is 3.74. The lowest BCUT2D eigenvalue weighted by Gasteiger charge is -2.15. The van der Waals surface area contributed by atoms with Crippen LogP contribution in [0.1, 0.15) is 30.7 Å². The fourth-order valence-electron chi connectivity index (χ4n) is 1.88. The minimum absolute atomic E-state index is 0.492. The fourth-order valence-corrected chi connectivity index (χ4v) is 2.62. The van der Waals surface area contributed by atoms with Gasteiger partial charge in [0.2, 0.25) is 0 Å². The number of aryl methyl sites for hydroxylation is 1. The van der Waals surface area contributed by atoms with Crippen LogP contribution >= 0.6 is 27.5 Å². The van der Waals surface area contributed by atoms with Crippen molar-refractivity contribution in [2.45, 2.75) is 26.0 Å². The molecule has 5 heteroatoms. The van der Waals surface area contributed by atoms with E-state index in [2.05, 4.69) is 28.0 Å². The average molecular weight is 330 g/mol. The van der Waals surface area contributed by atoms with E-state index in [0.29, 0.717) is 10.7 Å². The number of hydrogen-bond acceptors (Lipinski definition) is 2. The highest BCUT2D eigenvalue weighted by molar-refractivity contribution is 9.10. The molecule has 1 heterocycles. The molecule has 1 N–H and O–H groups in total. The molecule has 0 amide bonds. The first-order valence-electron chi connectivity index (χ1n) is 5.78. The van der Waals surface area contributed by atoms with Gasteiger partial charge in [-0.25, -0.2) is 0 Å². The largest absolute Gasteiger partial charge is 0.382 e. The highest BCUT2D eigenvalue weighted by Gasteiger charge is 2.21. The predicted octanol–water partition coefficient (Wildman–Crippen LogP) is 3.79. The van der Waals surface area contributed by atoms with Crippen LogP contribution in [0.2, 0.25) is 5.02 Å². The molecule has 0 aliphatic heterocycles. The number of rotatable bonds is 4. The lowest BCUT2D eigenvalue weighted by Crippen LogP contribution is -2.11. The van der Waals surface area contributed by atoms with Crippen LogP contribution in [0.4, 0.5) is 0 Å².